The third kappa shape index (κ3) is 3.16. The van der Waals surface area contributed by atoms with Crippen LogP contribution in [-0.4, -0.2) is 30.4 Å². The van der Waals surface area contributed by atoms with Crippen LogP contribution in [0.5, 0.6) is 0 Å². The minimum absolute atomic E-state index is 0.250. The van der Waals surface area contributed by atoms with Gasteiger partial charge in [-0.1, -0.05) is 30.3 Å². The summed E-state index contributed by atoms with van der Waals surface area (Å²) < 4.78 is 0. The molecule has 2 aliphatic rings. The van der Waals surface area contributed by atoms with Gasteiger partial charge in [-0.3, -0.25) is 9.69 Å². The van der Waals surface area contributed by atoms with Crippen molar-refractivity contribution < 1.29 is 4.79 Å². The van der Waals surface area contributed by atoms with E-state index in [1.54, 1.807) is 0 Å². The van der Waals surface area contributed by atoms with Crippen LogP contribution < -0.4 is 5.32 Å². The number of nitrogens with one attached hydrogen (secondary N) is 1. The SMILES string of the molecule is O=C(NCC(c1ccccc1)N1CCCC1)C1CC1. The summed E-state index contributed by atoms with van der Waals surface area (Å²) in [4.78, 5) is 14.3. The third-order valence-corrected chi connectivity index (χ3v) is 4.18. The van der Waals surface area contributed by atoms with E-state index in [0.717, 1.165) is 32.5 Å². The molecule has 1 saturated carbocycles. The molecular weight excluding hydrogens is 236 g/mol. The summed E-state index contributed by atoms with van der Waals surface area (Å²) >= 11 is 0. The van der Waals surface area contributed by atoms with Gasteiger partial charge in [-0.15, -0.1) is 0 Å². The van der Waals surface area contributed by atoms with Crippen molar-refractivity contribution in [2.75, 3.05) is 19.6 Å². The van der Waals surface area contributed by atoms with E-state index in [4.69, 9.17) is 0 Å². The summed E-state index contributed by atoms with van der Waals surface area (Å²) in [6.45, 7) is 3.05. The highest BCUT2D eigenvalue weighted by molar-refractivity contribution is 5.80. The van der Waals surface area contributed by atoms with Gasteiger partial charge in [-0.05, 0) is 44.3 Å². The van der Waals surface area contributed by atoms with E-state index in [-0.39, 0.29) is 5.91 Å². The van der Waals surface area contributed by atoms with Gasteiger partial charge in [-0.2, -0.15) is 0 Å². The van der Waals surface area contributed by atoms with Gasteiger partial charge in [0.25, 0.3) is 0 Å². The fraction of sp³-hybridized carbons (Fsp3) is 0.562. The first-order valence-electron chi connectivity index (χ1n) is 7.41. The first-order valence-corrected chi connectivity index (χ1v) is 7.41. The maximum absolute atomic E-state index is 11.8. The Hall–Kier alpha value is -1.35. The summed E-state index contributed by atoms with van der Waals surface area (Å²) in [5.41, 5.74) is 1.32. The van der Waals surface area contributed by atoms with Gasteiger partial charge in [-0.25, -0.2) is 0 Å². The Labute approximate surface area is 115 Å². The second-order valence-corrected chi connectivity index (χ2v) is 5.69. The Morgan fingerprint density at radius 3 is 2.53 bits per heavy atom. The number of benzene rings is 1. The standard InChI is InChI=1S/C16H22N2O/c19-16(14-8-9-14)17-12-15(18-10-4-5-11-18)13-6-2-1-3-7-13/h1-3,6-7,14-15H,4-5,8-12H2,(H,17,19). The van der Waals surface area contributed by atoms with Crippen molar-refractivity contribution in [1.29, 1.82) is 0 Å². The van der Waals surface area contributed by atoms with Gasteiger partial charge in [0.1, 0.15) is 0 Å². The number of carbonyl (C=O) groups is 1. The zero-order valence-electron chi connectivity index (χ0n) is 11.3. The molecule has 1 aliphatic heterocycles. The quantitative estimate of drug-likeness (QED) is 0.879. The van der Waals surface area contributed by atoms with Gasteiger partial charge in [0.15, 0.2) is 0 Å². The van der Waals surface area contributed by atoms with Gasteiger partial charge in [0.05, 0.1) is 6.04 Å². The lowest BCUT2D eigenvalue weighted by Crippen LogP contribution is -2.37. The van der Waals surface area contributed by atoms with E-state index < -0.39 is 0 Å². The molecule has 1 aromatic rings. The van der Waals surface area contributed by atoms with Gasteiger partial charge in [0, 0.05) is 12.5 Å². The molecule has 3 rings (SSSR count). The van der Waals surface area contributed by atoms with E-state index in [9.17, 15) is 4.79 Å². The first-order chi connectivity index (χ1) is 9.34. The molecule has 1 unspecified atom stereocenters. The van der Waals surface area contributed by atoms with Crippen LogP contribution in [0.15, 0.2) is 30.3 Å². The molecule has 1 heterocycles. The molecule has 3 nitrogen and oxygen atoms in total. The average molecular weight is 258 g/mol. The maximum atomic E-state index is 11.8. The summed E-state index contributed by atoms with van der Waals surface area (Å²) in [5, 5.41) is 3.14. The smallest absolute Gasteiger partial charge is 0.223 e. The van der Waals surface area contributed by atoms with Crippen molar-refractivity contribution in [1.82, 2.24) is 10.2 Å². The number of likely N-dealkylation sites (tertiary alicyclic amines) is 1. The molecule has 1 amide bonds. The number of carbonyl (C=O) groups excluding carboxylic acids is 1. The lowest BCUT2D eigenvalue weighted by Gasteiger charge is -2.28. The molecular formula is C16H22N2O. The molecule has 0 aromatic heterocycles. The van der Waals surface area contributed by atoms with Crippen LogP contribution in [-0.2, 0) is 4.79 Å². The van der Waals surface area contributed by atoms with Crippen molar-refractivity contribution in [3.8, 4) is 0 Å². The van der Waals surface area contributed by atoms with Crippen molar-refractivity contribution in [3.63, 3.8) is 0 Å². The van der Waals surface area contributed by atoms with Crippen LogP contribution in [0, 0.1) is 5.92 Å². The topological polar surface area (TPSA) is 32.3 Å². The Balaban J connectivity index is 1.66. The minimum Gasteiger partial charge on any atom is -0.354 e. The summed E-state index contributed by atoms with van der Waals surface area (Å²) in [6.07, 6.45) is 4.71. The molecule has 3 heteroatoms. The third-order valence-electron chi connectivity index (χ3n) is 4.18. The van der Waals surface area contributed by atoms with Crippen molar-refractivity contribution in [3.05, 3.63) is 35.9 Å². The van der Waals surface area contributed by atoms with E-state index in [0.29, 0.717) is 12.0 Å². The molecule has 102 valence electrons. The predicted octanol–water partition coefficient (Wildman–Crippen LogP) is 2.35. The second kappa shape index (κ2) is 5.74. The van der Waals surface area contributed by atoms with Crippen molar-refractivity contribution in [2.24, 2.45) is 5.92 Å². The number of rotatable bonds is 5. The summed E-state index contributed by atoms with van der Waals surface area (Å²) in [6, 6.07) is 10.9. The highest BCUT2D eigenvalue weighted by Gasteiger charge is 2.31. The first kappa shape index (κ1) is 12.7. The molecule has 2 fully saturated rings. The fourth-order valence-electron chi connectivity index (χ4n) is 2.87. The molecule has 0 radical (unpaired) electrons. The zero-order valence-corrected chi connectivity index (χ0v) is 11.3. The summed E-state index contributed by atoms with van der Waals surface area (Å²) in [7, 11) is 0. The number of amides is 1. The van der Waals surface area contributed by atoms with Crippen LogP contribution in [0.3, 0.4) is 0 Å². The van der Waals surface area contributed by atoms with E-state index in [2.05, 4.69) is 34.5 Å². The summed E-state index contributed by atoms with van der Waals surface area (Å²) in [5.74, 6) is 0.551. The maximum Gasteiger partial charge on any atom is 0.223 e. The van der Waals surface area contributed by atoms with Crippen molar-refractivity contribution in [2.45, 2.75) is 31.7 Å². The highest BCUT2D eigenvalue weighted by Crippen LogP contribution is 2.29. The number of nitrogens with zero attached hydrogens (tertiary/aromatic N) is 1. The van der Waals surface area contributed by atoms with Crippen LogP contribution in [0.4, 0.5) is 0 Å². The lowest BCUT2D eigenvalue weighted by molar-refractivity contribution is -0.122. The van der Waals surface area contributed by atoms with Crippen LogP contribution in [0.1, 0.15) is 37.3 Å². The molecule has 1 N–H and O–H groups in total. The Bertz CT molecular complexity index is 422. The van der Waals surface area contributed by atoms with Gasteiger partial charge >= 0.3 is 0 Å². The van der Waals surface area contributed by atoms with E-state index >= 15 is 0 Å². The van der Waals surface area contributed by atoms with Crippen LogP contribution in [0.2, 0.25) is 0 Å². The molecule has 19 heavy (non-hydrogen) atoms. The lowest BCUT2D eigenvalue weighted by atomic mass is 10.1. The van der Waals surface area contributed by atoms with Crippen LogP contribution in [0.25, 0.3) is 0 Å². The van der Waals surface area contributed by atoms with Crippen molar-refractivity contribution >= 4 is 5.91 Å². The van der Waals surface area contributed by atoms with E-state index in [1.807, 2.05) is 6.07 Å². The molecule has 0 spiro atoms. The minimum atomic E-state index is 0.250. The fourth-order valence-corrected chi connectivity index (χ4v) is 2.87. The molecule has 1 aromatic carbocycles. The monoisotopic (exact) mass is 258 g/mol. The zero-order chi connectivity index (χ0) is 13.1. The second-order valence-electron chi connectivity index (χ2n) is 5.69. The number of hydrogen-bond donors (Lipinski definition) is 1. The van der Waals surface area contributed by atoms with Gasteiger partial charge in [0.2, 0.25) is 5.91 Å². The normalized spacial score (nSPS) is 21.3. The van der Waals surface area contributed by atoms with Crippen LogP contribution >= 0.6 is 0 Å². The molecule has 1 saturated heterocycles. The van der Waals surface area contributed by atoms with E-state index in [1.165, 1.54) is 18.4 Å². The predicted molar refractivity (Wildman–Crippen MR) is 75.7 cm³/mol. The Morgan fingerprint density at radius 1 is 1.21 bits per heavy atom. The molecule has 1 aliphatic carbocycles. The molecule has 1 atom stereocenters. The van der Waals surface area contributed by atoms with Gasteiger partial charge < -0.3 is 5.32 Å². The Kier molecular flexibility index (Phi) is 3.83. The average Bonchev–Trinajstić information content (AvgIpc) is 3.17. The highest BCUT2D eigenvalue weighted by atomic mass is 16.2. The Morgan fingerprint density at radius 2 is 1.89 bits per heavy atom. The molecule has 0 bridgehead atoms. The largest absolute Gasteiger partial charge is 0.354 e. The number of hydrogen-bond acceptors (Lipinski definition) is 2.